The Kier molecular flexibility index (Phi) is 43.7. The molecule has 6 heteroatoms. The summed E-state index contributed by atoms with van der Waals surface area (Å²) < 4.78 is 16.7. The number of rotatable bonds is 46. The predicted octanol–water partition coefficient (Wildman–Crippen LogP) is 16.5. The summed E-state index contributed by atoms with van der Waals surface area (Å²) in [5.74, 6) is 0.877. The Labute approximate surface area is 361 Å². The van der Waals surface area contributed by atoms with Crippen LogP contribution in [0.2, 0.25) is 0 Å². The fourth-order valence-electron chi connectivity index (χ4n) is 7.78. The van der Waals surface area contributed by atoms with Crippen molar-refractivity contribution in [2.45, 2.75) is 291 Å². The van der Waals surface area contributed by atoms with Crippen LogP contribution in [0.4, 0.5) is 0 Å². The Morgan fingerprint density at radius 2 is 0.655 bits per heavy atom. The smallest absolute Gasteiger partial charge is 0.306 e. The number of ether oxygens (including phenoxy) is 3. The highest BCUT2D eigenvalue weighted by atomic mass is 16.6. The van der Waals surface area contributed by atoms with Crippen LogP contribution in [0.15, 0.2) is 0 Å². The topological polar surface area (TPSA) is 78.9 Å². The van der Waals surface area contributed by atoms with E-state index in [2.05, 4.69) is 34.6 Å². The number of unbranched alkanes of at least 4 members (excludes halogenated alkanes) is 30. The minimum absolute atomic E-state index is 0.0646. The molecule has 0 aromatic carbocycles. The fraction of sp³-hybridized carbons (Fsp3) is 0.942. The maximum atomic E-state index is 12.7. The van der Waals surface area contributed by atoms with Crippen molar-refractivity contribution in [3.8, 4) is 0 Å². The van der Waals surface area contributed by atoms with Crippen LogP contribution in [0.1, 0.15) is 285 Å². The first-order chi connectivity index (χ1) is 28.3. The maximum Gasteiger partial charge on any atom is 0.306 e. The highest BCUT2D eigenvalue weighted by Crippen LogP contribution is 2.18. The van der Waals surface area contributed by atoms with Gasteiger partial charge in [0.2, 0.25) is 0 Å². The van der Waals surface area contributed by atoms with Gasteiger partial charge in [-0.15, -0.1) is 0 Å². The van der Waals surface area contributed by atoms with Gasteiger partial charge in [-0.05, 0) is 31.1 Å². The number of carbonyl (C=O) groups is 3. The molecular formula is C52H100O6. The van der Waals surface area contributed by atoms with Crippen molar-refractivity contribution in [3.63, 3.8) is 0 Å². The largest absolute Gasteiger partial charge is 0.462 e. The quantitative estimate of drug-likeness (QED) is 0.0346. The Hall–Kier alpha value is -1.59. The first-order valence-electron chi connectivity index (χ1n) is 25.8. The molecule has 0 aliphatic heterocycles. The summed E-state index contributed by atoms with van der Waals surface area (Å²) in [6.07, 6.45) is 45.4. The Bertz CT molecular complexity index is 887. The molecule has 0 amide bonds. The maximum absolute atomic E-state index is 12.7. The highest BCUT2D eigenvalue weighted by molar-refractivity contribution is 5.71. The van der Waals surface area contributed by atoms with Crippen molar-refractivity contribution in [1.82, 2.24) is 0 Å². The number of carbonyl (C=O) groups excluding carboxylic acids is 3. The molecular weight excluding hydrogens is 721 g/mol. The van der Waals surface area contributed by atoms with Crippen LogP contribution >= 0.6 is 0 Å². The van der Waals surface area contributed by atoms with E-state index in [1.165, 1.54) is 167 Å². The van der Waals surface area contributed by atoms with Gasteiger partial charge in [-0.3, -0.25) is 14.4 Å². The zero-order valence-electron chi connectivity index (χ0n) is 39.7. The van der Waals surface area contributed by atoms with Gasteiger partial charge in [-0.2, -0.15) is 0 Å². The molecule has 0 spiro atoms. The molecule has 2 atom stereocenters. The van der Waals surface area contributed by atoms with Crippen LogP contribution < -0.4 is 0 Å². The van der Waals surface area contributed by atoms with Crippen molar-refractivity contribution in [3.05, 3.63) is 0 Å². The third kappa shape index (κ3) is 44.0. The minimum Gasteiger partial charge on any atom is -0.462 e. The van der Waals surface area contributed by atoms with E-state index in [0.717, 1.165) is 76.0 Å². The van der Waals surface area contributed by atoms with Crippen LogP contribution in [0, 0.1) is 11.8 Å². The average Bonchev–Trinajstić information content (AvgIpc) is 3.21. The van der Waals surface area contributed by atoms with Gasteiger partial charge in [0.05, 0.1) is 0 Å². The Morgan fingerprint density at radius 1 is 0.362 bits per heavy atom. The van der Waals surface area contributed by atoms with Crippen LogP contribution in [0.5, 0.6) is 0 Å². The Balaban J connectivity index is 4.11. The Morgan fingerprint density at radius 3 is 0.983 bits per heavy atom. The number of esters is 3. The van der Waals surface area contributed by atoms with E-state index >= 15 is 0 Å². The van der Waals surface area contributed by atoms with Gasteiger partial charge in [0.15, 0.2) is 6.10 Å². The van der Waals surface area contributed by atoms with E-state index in [4.69, 9.17) is 14.2 Å². The van der Waals surface area contributed by atoms with Crippen molar-refractivity contribution in [2.24, 2.45) is 11.8 Å². The van der Waals surface area contributed by atoms with Gasteiger partial charge in [-0.1, -0.05) is 247 Å². The summed E-state index contributed by atoms with van der Waals surface area (Å²) in [6.45, 7) is 11.3. The molecule has 0 rings (SSSR count). The van der Waals surface area contributed by atoms with Gasteiger partial charge >= 0.3 is 17.9 Å². The first-order valence-corrected chi connectivity index (χ1v) is 25.8. The molecule has 0 saturated carbocycles. The lowest BCUT2D eigenvalue weighted by molar-refractivity contribution is -0.167. The zero-order chi connectivity index (χ0) is 42.6. The van der Waals surface area contributed by atoms with Gasteiger partial charge < -0.3 is 14.2 Å². The lowest BCUT2D eigenvalue weighted by Gasteiger charge is -2.18. The molecule has 58 heavy (non-hydrogen) atoms. The zero-order valence-corrected chi connectivity index (χ0v) is 39.7. The van der Waals surface area contributed by atoms with E-state index < -0.39 is 6.10 Å². The summed E-state index contributed by atoms with van der Waals surface area (Å²) >= 11 is 0. The second-order valence-electron chi connectivity index (χ2n) is 18.5. The monoisotopic (exact) mass is 821 g/mol. The molecule has 1 unspecified atom stereocenters. The van der Waals surface area contributed by atoms with Crippen LogP contribution in [0.25, 0.3) is 0 Å². The number of hydrogen-bond donors (Lipinski definition) is 0. The van der Waals surface area contributed by atoms with Crippen molar-refractivity contribution < 1.29 is 28.6 Å². The molecule has 0 heterocycles. The first kappa shape index (κ1) is 56.4. The minimum atomic E-state index is -0.759. The van der Waals surface area contributed by atoms with Crippen molar-refractivity contribution in [2.75, 3.05) is 13.2 Å². The van der Waals surface area contributed by atoms with E-state index in [9.17, 15) is 14.4 Å². The van der Waals surface area contributed by atoms with Gasteiger partial charge in [-0.25, -0.2) is 0 Å². The molecule has 0 aliphatic carbocycles. The molecule has 0 aliphatic rings. The summed E-state index contributed by atoms with van der Waals surface area (Å²) in [4.78, 5) is 37.6. The van der Waals surface area contributed by atoms with E-state index in [1.54, 1.807) is 0 Å². The molecule has 6 nitrogen and oxygen atoms in total. The SMILES string of the molecule is CCCCCCCC(=O)OC[C@H](COC(=O)CCCCCCCCCCCCCCCCC(C)CC)OC(=O)CCCCCCCCCCCCCCCCC(C)C. The normalized spacial score (nSPS) is 12.5. The standard InChI is InChI=1S/C52H100O6/c1-6-8-9-30-37-42-50(53)56-45-49(58-52(55)44-39-34-29-25-21-17-12-10-14-18-22-26-31-35-40-47(3)4)46-57-51(54)43-38-33-28-24-20-16-13-11-15-19-23-27-32-36-41-48(5)7-2/h47-49H,6-46H2,1-5H3/t48?,49-/m1/s1. The molecule has 0 saturated heterocycles. The third-order valence-corrected chi connectivity index (χ3v) is 12.1. The highest BCUT2D eigenvalue weighted by Gasteiger charge is 2.19. The summed E-state index contributed by atoms with van der Waals surface area (Å²) in [6, 6.07) is 0. The molecule has 0 radical (unpaired) electrons. The van der Waals surface area contributed by atoms with Crippen molar-refractivity contribution >= 4 is 17.9 Å². The van der Waals surface area contributed by atoms with Gasteiger partial charge in [0.25, 0.3) is 0 Å². The molecule has 344 valence electrons. The van der Waals surface area contributed by atoms with Crippen LogP contribution in [0.3, 0.4) is 0 Å². The summed E-state index contributed by atoms with van der Waals surface area (Å²) in [5.41, 5.74) is 0. The summed E-state index contributed by atoms with van der Waals surface area (Å²) in [5, 5.41) is 0. The molecule has 0 bridgehead atoms. The van der Waals surface area contributed by atoms with E-state index in [-0.39, 0.29) is 31.1 Å². The van der Waals surface area contributed by atoms with Crippen LogP contribution in [-0.2, 0) is 28.6 Å². The lowest BCUT2D eigenvalue weighted by Crippen LogP contribution is -2.30. The van der Waals surface area contributed by atoms with E-state index in [1.807, 2.05) is 0 Å². The van der Waals surface area contributed by atoms with Gasteiger partial charge in [0, 0.05) is 19.3 Å². The molecule has 0 N–H and O–H groups in total. The molecule has 0 aromatic rings. The predicted molar refractivity (Wildman–Crippen MR) is 247 cm³/mol. The fourth-order valence-corrected chi connectivity index (χ4v) is 7.78. The third-order valence-electron chi connectivity index (χ3n) is 12.1. The summed E-state index contributed by atoms with van der Waals surface area (Å²) in [7, 11) is 0. The average molecular weight is 821 g/mol. The second-order valence-corrected chi connectivity index (χ2v) is 18.5. The van der Waals surface area contributed by atoms with Gasteiger partial charge in [0.1, 0.15) is 13.2 Å². The number of hydrogen-bond acceptors (Lipinski definition) is 6. The molecule has 0 fully saturated rings. The van der Waals surface area contributed by atoms with Crippen molar-refractivity contribution in [1.29, 1.82) is 0 Å². The van der Waals surface area contributed by atoms with E-state index in [0.29, 0.717) is 19.3 Å². The second kappa shape index (κ2) is 44.9. The molecule has 0 aromatic heterocycles. The van der Waals surface area contributed by atoms with Crippen LogP contribution in [-0.4, -0.2) is 37.2 Å². The lowest BCUT2D eigenvalue weighted by atomic mass is 9.99.